The number of aldehydes is 1. The predicted molar refractivity (Wildman–Crippen MR) is 112 cm³/mol. The number of hydrogen-bond acceptors (Lipinski definition) is 7. The Morgan fingerprint density at radius 2 is 1.71 bits per heavy atom. The Morgan fingerprint density at radius 3 is 2.19 bits per heavy atom. The highest BCUT2D eigenvalue weighted by Crippen LogP contribution is 2.07. The number of carbonyl (C=O) groups is 5. The molecule has 0 aromatic rings. The maximum Gasteiger partial charge on any atom is 0.333 e. The van der Waals surface area contributed by atoms with Crippen LogP contribution in [0, 0.1) is 5.92 Å². The fourth-order valence-corrected chi connectivity index (χ4v) is 2.37. The third-order valence-corrected chi connectivity index (χ3v) is 4.12. The highest BCUT2D eigenvalue weighted by Gasteiger charge is 2.31. The molecule has 0 aromatic heterocycles. The quantitative estimate of drug-likeness (QED) is 0.0476. The van der Waals surface area contributed by atoms with Gasteiger partial charge in [0.1, 0.15) is 24.4 Å². The molecule has 0 radical (unpaired) electrons. The van der Waals surface area contributed by atoms with Crippen molar-refractivity contribution in [3.05, 3.63) is 12.2 Å². The lowest BCUT2D eigenvalue weighted by atomic mass is 10.0. The van der Waals surface area contributed by atoms with E-state index in [0.29, 0.717) is 12.7 Å². The van der Waals surface area contributed by atoms with Crippen LogP contribution in [0.1, 0.15) is 26.7 Å². The normalized spacial score (nSPS) is 13.3. The minimum atomic E-state index is -1.56. The molecule has 10 N–H and O–H groups in total. The van der Waals surface area contributed by atoms with E-state index in [9.17, 15) is 24.0 Å². The van der Waals surface area contributed by atoms with Crippen LogP contribution in [0.25, 0.3) is 0 Å². The second-order valence-electron chi connectivity index (χ2n) is 6.96. The molecule has 3 atom stereocenters. The van der Waals surface area contributed by atoms with E-state index in [0.717, 1.165) is 0 Å². The smallest absolute Gasteiger partial charge is 0.333 e. The fourth-order valence-electron chi connectivity index (χ4n) is 2.37. The first-order chi connectivity index (χ1) is 14.4. The van der Waals surface area contributed by atoms with Crippen molar-refractivity contribution >= 4 is 35.9 Å². The van der Waals surface area contributed by atoms with E-state index in [2.05, 4.69) is 27.5 Å². The maximum absolute atomic E-state index is 12.8. The van der Waals surface area contributed by atoms with E-state index >= 15 is 0 Å². The van der Waals surface area contributed by atoms with E-state index in [1.54, 1.807) is 13.8 Å². The van der Waals surface area contributed by atoms with Crippen LogP contribution < -0.4 is 33.2 Å². The fraction of sp³-hybridized carbons (Fsp3) is 0.556. The van der Waals surface area contributed by atoms with Crippen molar-refractivity contribution < 1.29 is 29.1 Å². The van der Waals surface area contributed by atoms with Gasteiger partial charge in [-0.15, -0.1) is 0 Å². The molecular formula is C18H31N7O6. The Morgan fingerprint density at radius 1 is 1.10 bits per heavy atom. The Balaban J connectivity index is 5.30. The number of carboxylic acid groups (broad SMARTS) is 1. The number of nitrogens with zero attached hydrogens (tertiary/aromatic N) is 1. The van der Waals surface area contributed by atoms with E-state index < -0.39 is 53.3 Å². The molecule has 0 fully saturated rings. The molecule has 31 heavy (non-hydrogen) atoms. The molecule has 0 aliphatic carbocycles. The number of hydrogen-bond donors (Lipinski definition) is 7. The van der Waals surface area contributed by atoms with E-state index in [4.69, 9.17) is 22.3 Å². The summed E-state index contributed by atoms with van der Waals surface area (Å²) in [6, 6.07) is -3.69. The Hall–Kier alpha value is -3.48. The van der Waals surface area contributed by atoms with Crippen molar-refractivity contribution in [1.82, 2.24) is 16.0 Å². The van der Waals surface area contributed by atoms with Gasteiger partial charge in [0.15, 0.2) is 5.96 Å². The molecule has 0 saturated heterocycles. The van der Waals surface area contributed by atoms with Crippen molar-refractivity contribution in [2.24, 2.45) is 28.1 Å². The number of carboxylic acids is 1. The summed E-state index contributed by atoms with van der Waals surface area (Å²) >= 11 is 0. The minimum Gasteiger partial charge on any atom is -0.478 e. The molecule has 0 aliphatic rings. The molecule has 0 rings (SSSR count). The van der Waals surface area contributed by atoms with Crippen LogP contribution in [0.3, 0.4) is 0 Å². The Kier molecular flexibility index (Phi) is 12.2. The molecule has 0 heterocycles. The molecule has 13 heteroatoms. The topological polar surface area (TPSA) is 232 Å². The minimum absolute atomic E-state index is 0.118. The molecule has 0 aromatic carbocycles. The van der Waals surface area contributed by atoms with Crippen molar-refractivity contribution in [1.29, 1.82) is 0 Å². The van der Waals surface area contributed by atoms with Crippen LogP contribution in [0.15, 0.2) is 17.1 Å². The SMILES string of the molecule is C=C(C(=O)O)C(N)C(=O)NC(C(=O)N[C@H](CCCN=C(N)N)C(=O)NCC=O)C(C)C. The lowest BCUT2D eigenvalue weighted by Gasteiger charge is -2.26. The molecule has 174 valence electrons. The van der Waals surface area contributed by atoms with E-state index in [-0.39, 0.29) is 25.5 Å². The largest absolute Gasteiger partial charge is 0.478 e. The van der Waals surface area contributed by atoms with Gasteiger partial charge < -0.3 is 43.1 Å². The van der Waals surface area contributed by atoms with Gasteiger partial charge >= 0.3 is 5.97 Å². The number of guanidine groups is 1. The van der Waals surface area contributed by atoms with Gasteiger partial charge in [-0.2, -0.15) is 0 Å². The molecule has 0 bridgehead atoms. The van der Waals surface area contributed by atoms with Crippen LogP contribution in [0.2, 0.25) is 0 Å². The molecule has 3 amide bonds. The second-order valence-corrected chi connectivity index (χ2v) is 6.96. The monoisotopic (exact) mass is 441 g/mol. The van der Waals surface area contributed by atoms with Gasteiger partial charge in [0.2, 0.25) is 17.7 Å². The maximum atomic E-state index is 12.8. The summed E-state index contributed by atoms with van der Waals surface area (Å²) in [6.45, 7) is 6.49. The molecule has 0 spiro atoms. The van der Waals surface area contributed by atoms with Crippen LogP contribution in [0.5, 0.6) is 0 Å². The summed E-state index contributed by atoms with van der Waals surface area (Å²) in [5.74, 6) is -4.18. The Labute approximate surface area is 179 Å². The summed E-state index contributed by atoms with van der Waals surface area (Å²) in [5, 5.41) is 16.2. The number of aliphatic carboxylic acids is 1. The van der Waals surface area contributed by atoms with Crippen LogP contribution in [0.4, 0.5) is 0 Å². The average molecular weight is 441 g/mol. The summed E-state index contributed by atoms with van der Waals surface area (Å²) in [5.41, 5.74) is 15.5. The van der Waals surface area contributed by atoms with Crippen LogP contribution in [-0.2, 0) is 24.0 Å². The number of nitrogens with two attached hydrogens (primary N) is 3. The van der Waals surface area contributed by atoms with Gasteiger partial charge in [0.05, 0.1) is 12.1 Å². The van der Waals surface area contributed by atoms with Gasteiger partial charge in [-0.1, -0.05) is 20.4 Å². The molecule has 0 saturated carbocycles. The van der Waals surface area contributed by atoms with Gasteiger partial charge in [-0.3, -0.25) is 19.4 Å². The summed E-state index contributed by atoms with van der Waals surface area (Å²) in [4.78, 5) is 62.6. The van der Waals surface area contributed by atoms with Crippen molar-refractivity contribution in [2.75, 3.05) is 13.1 Å². The number of rotatable bonds is 14. The molecule has 13 nitrogen and oxygen atoms in total. The first kappa shape index (κ1) is 27.5. The zero-order valence-electron chi connectivity index (χ0n) is 17.6. The van der Waals surface area contributed by atoms with Crippen LogP contribution in [-0.4, -0.2) is 72.3 Å². The zero-order chi connectivity index (χ0) is 24.1. The van der Waals surface area contributed by atoms with Gasteiger partial charge in [0.25, 0.3) is 0 Å². The number of carbonyl (C=O) groups excluding carboxylic acids is 4. The second kappa shape index (κ2) is 13.7. The third-order valence-electron chi connectivity index (χ3n) is 4.12. The van der Waals surface area contributed by atoms with E-state index in [1.165, 1.54) is 0 Å². The highest BCUT2D eigenvalue weighted by atomic mass is 16.4. The number of nitrogens with one attached hydrogen (secondary N) is 3. The van der Waals surface area contributed by atoms with Gasteiger partial charge in [-0.25, -0.2) is 4.79 Å². The molecule has 0 aliphatic heterocycles. The summed E-state index contributed by atoms with van der Waals surface area (Å²) < 4.78 is 0. The van der Waals surface area contributed by atoms with Gasteiger partial charge in [0, 0.05) is 6.54 Å². The van der Waals surface area contributed by atoms with E-state index in [1.807, 2.05) is 0 Å². The first-order valence-corrected chi connectivity index (χ1v) is 9.47. The van der Waals surface area contributed by atoms with Crippen molar-refractivity contribution in [2.45, 2.75) is 44.8 Å². The number of amides is 3. The summed E-state index contributed by atoms with van der Waals surface area (Å²) in [6.07, 6.45) is 0.991. The van der Waals surface area contributed by atoms with Crippen molar-refractivity contribution in [3.8, 4) is 0 Å². The molecule has 2 unspecified atom stereocenters. The predicted octanol–water partition coefficient (Wildman–Crippen LogP) is -3.05. The van der Waals surface area contributed by atoms with Crippen molar-refractivity contribution in [3.63, 3.8) is 0 Å². The lowest BCUT2D eigenvalue weighted by molar-refractivity contribution is -0.135. The Bertz CT molecular complexity index is 718. The number of aliphatic imine (C=N–C) groups is 1. The average Bonchev–Trinajstić information content (AvgIpc) is 2.70. The molecular weight excluding hydrogens is 410 g/mol. The standard InChI is InChI=1S/C18H31N7O6/c1-9(2)13(25-15(28)12(19)10(3)17(30)31)16(29)24-11(14(27)22-7-8-26)5-4-6-23-18(20)21/h8-9,11-13H,3-7,19H2,1-2H3,(H,22,27)(H,24,29)(H,25,28)(H,30,31)(H4,20,21,23)/t11-,12?,13?/m1/s1. The zero-order valence-corrected chi connectivity index (χ0v) is 17.6. The first-order valence-electron chi connectivity index (χ1n) is 9.47. The van der Waals surface area contributed by atoms with Gasteiger partial charge in [-0.05, 0) is 18.8 Å². The lowest BCUT2D eigenvalue weighted by Crippen LogP contribution is -2.57. The highest BCUT2D eigenvalue weighted by molar-refractivity contribution is 5.99. The third kappa shape index (κ3) is 10.2. The van der Waals surface area contributed by atoms with Crippen LogP contribution >= 0.6 is 0 Å². The summed E-state index contributed by atoms with van der Waals surface area (Å²) in [7, 11) is 0.